The number of hydrogen-bond acceptors (Lipinski definition) is 2. The molecule has 3 nitrogen and oxygen atoms in total. The molecule has 1 amide bonds. The highest BCUT2D eigenvalue weighted by Crippen LogP contribution is 2.49. The van der Waals surface area contributed by atoms with E-state index in [1.165, 1.54) is 12.0 Å². The maximum absolute atomic E-state index is 10.9. The number of amides is 1. The Bertz CT molecular complexity index is 570. The van der Waals surface area contributed by atoms with E-state index < -0.39 is 0 Å². The number of carbonyl (C=O) groups excluding carboxylic acids is 1. The van der Waals surface area contributed by atoms with Crippen molar-refractivity contribution in [1.29, 1.82) is 0 Å². The zero-order valence-electron chi connectivity index (χ0n) is 14.6. The molecule has 0 bridgehead atoms. The van der Waals surface area contributed by atoms with Gasteiger partial charge in [0.1, 0.15) is 0 Å². The molecular formula is C19H28Cl2N2O. The van der Waals surface area contributed by atoms with Crippen LogP contribution in [0, 0.1) is 5.92 Å². The molecule has 3 N–H and O–H groups in total. The van der Waals surface area contributed by atoms with Crippen LogP contribution < -0.4 is 11.1 Å². The SMILES string of the molecule is CC(C)C[C@@H](NCCCC(N)=O)C1(c2ccc(Cl)c(Cl)c2)CCC1. The second-order valence-electron chi connectivity index (χ2n) is 7.34. The van der Waals surface area contributed by atoms with Crippen LogP contribution >= 0.6 is 23.2 Å². The third-order valence-electron chi connectivity index (χ3n) is 5.11. The summed E-state index contributed by atoms with van der Waals surface area (Å²) in [4.78, 5) is 10.9. The fourth-order valence-electron chi connectivity index (χ4n) is 3.72. The summed E-state index contributed by atoms with van der Waals surface area (Å²) in [6.07, 6.45) is 5.85. The van der Waals surface area contributed by atoms with Gasteiger partial charge in [0.2, 0.25) is 5.91 Å². The van der Waals surface area contributed by atoms with Gasteiger partial charge in [-0.1, -0.05) is 49.5 Å². The number of carbonyl (C=O) groups is 1. The average molecular weight is 371 g/mol. The Morgan fingerprint density at radius 3 is 2.50 bits per heavy atom. The van der Waals surface area contributed by atoms with Gasteiger partial charge in [0.05, 0.1) is 10.0 Å². The van der Waals surface area contributed by atoms with E-state index in [0.29, 0.717) is 28.4 Å². The average Bonchev–Trinajstić information content (AvgIpc) is 2.45. The van der Waals surface area contributed by atoms with E-state index in [1.807, 2.05) is 12.1 Å². The van der Waals surface area contributed by atoms with Crippen LogP contribution in [0.15, 0.2) is 18.2 Å². The fourth-order valence-corrected chi connectivity index (χ4v) is 4.01. The van der Waals surface area contributed by atoms with Gasteiger partial charge in [-0.25, -0.2) is 0 Å². The molecule has 1 aliphatic carbocycles. The van der Waals surface area contributed by atoms with Crippen LogP contribution in [-0.2, 0) is 10.2 Å². The molecule has 0 unspecified atom stereocenters. The van der Waals surface area contributed by atoms with E-state index in [1.54, 1.807) is 0 Å². The largest absolute Gasteiger partial charge is 0.370 e. The van der Waals surface area contributed by atoms with E-state index in [2.05, 4.69) is 25.2 Å². The Labute approximate surface area is 155 Å². The number of nitrogens with two attached hydrogens (primary N) is 1. The van der Waals surface area contributed by atoms with Gasteiger partial charge in [0.25, 0.3) is 0 Å². The molecule has 1 saturated carbocycles. The summed E-state index contributed by atoms with van der Waals surface area (Å²) >= 11 is 12.4. The van der Waals surface area contributed by atoms with Crippen molar-refractivity contribution in [2.24, 2.45) is 11.7 Å². The van der Waals surface area contributed by atoms with Crippen LogP contribution in [0.4, 0.5) is 0 Å². The van der Waals surface area contributed by atoms with Crippen molar-refractivity contribution < 1.29 is 4.79 Å². The van der Waals surface area contributed by atoms with E-state index >= 15 is 0 Å². The minimum absolute atomic E-state index is 0.116. The van der Waals surface area contributed by atoms with Gasteiger partial charge in [-0.3, -0.25) is 4.79 Å². The van der Waals surface area contributed by atoms with E-state index in [9.17, 15) is 4.79 Å². The standard InChI is InChI=1S/C19H28Cl2N2O/c1-13(2)11-17(23-10-3-5-18(22)24)19(8-4-9-19)14-6-7-15(20)16(21)12-14/h6-7,12-13,17,23H,3-5,8-11H2,1-2H3,(H2,22,24)/t17-/m1/s1. The molecule has 5 heteroatoms. The van der Waals surface area contributed by atoms with Gasteiger partial charge < -0.3 is 11.1 Å². The number of halogens is 2. The molecular weight excluding hydrogens is 343 g/mol. The predicted molar refractivity (Wildman–Crippen MR) is 102 cm³/mol. The van der Waals surface area contributed by atoms with Crippen LogP contribution in [0.5, 0.6) is 0 Å². The predicted octanol–water partition coefficient (Wildman–Crippen LogP) is 4.68. The molecule has 1 aromatic carbocycles. The van der Waals surface area contributed by atoms with Crippen molar-refractivity contribution in [3.05, 3.63) is 33.8 Å². The van der Waals surface area contributed by atoms with Gasteiger partial charge in [-0.15, -0.1) is 0 Å². The smallest absolute Gasteiger partial charge is 0.217 e. The monoisotopic (exact) mass is 370 g/mol. The summed E-state index contributed by atoms with van der Waals surface area (Å²) in [6, 6.07) is 6.42. The first-order chi connectivity index (χ1) is 11.3. The lowest BCUT2D eigenvalue weighted by atomic mass is 9.59. The number of nitrogens with one attached hydrogen (secondary N) is 1. The summed E-state index contributed by atoms with van der Waals surface area (Å²) in [5.41, 5.74) is 6.63. The molecule has 2 rings (SSSR count). The maximum Gasteiger partial charge on any atom is 0.217 e. The van der Waals surface area contributed by atoms with Crippen molar-refractivity contribution in [2.45, 2.75) is 63.8 Å². The Morgan fingerprint density at radius 1 is 1.29 bits per heavy atom. The molecule has 24 heavy (non-hydrogen) atoms. The van der Waals surface area contributed by atoms with Crippen LogP contribution in [-0.4, -0.2) is 18.5 Å². The van der Waals surface area contributed by atoms with Crippen LogP contribution in [0.3, 0.4) is 0 Å². The van der Waals surface area contributed by atoms with Gasteiger partial charge in [0, 0.05) is 17.9 Å². The summed E-state index contributed by atoms with van der Waals surface area (Å²) < 4.78 is 0. The molecule has 0 aromatic heterocycles. The van der Waals surface area contributed by atoms with Crippen molar-refractivity contribution in [2.75, 3.05) is 6.54 Å². The highest BCUT2D eigenvalue weighted by molar-refractivity contribution is 6.42. The minimum atomic E-state index is -0.236. The molecule has 0 spiro atoms. The van der Waals surface area contributed by atoms with Crippen molar-refractivity contribution >= 4 is 29.1 Å². The first-order valence-electron chi connectivity index (χ1n) is 8.82. The Balaban J connectivity index is 2.17. The second-order valence-corrected chi connectivity index (χ2v) is 8.16. The van der Waals surface area contributed by atoms with Gasteiger partial charge in [-0.2, -0.15) is 0 Å². The maximum atomic E-state index is 10.9. The first-order valence-corrected chi connectivity index (χ1v) is 9.58. The zero-order chi connectivity index (χ0) is 17.7. The Hall–Kier alpha value is -0.770. The van der Waals surface area contributed by atoms with E-state index in [-0.39, 0.29) is 11.3 Å². The van der Waals surface area contributed by atoms with Gasteiger partial charge in [-0.05, 0) is 55.8 Å². The molecule has 134 valence electrons. The van der Waals surface area contributed by atoms with Crippen molar-refractivity contribution in [1.82, 2.24) is 5.32 Å². The number of hydrogen-bond donors (Lipinski definition) is 2. The Kier molecular flexibility index (Phi) is 6.97. The normalized spacial score (nSPS) is 17.5. The molecule has 0 heterocycles. The topological polar surface area (TPSA) is 55.1 Å². The number of primary amides is 1. The van der Waals surface area contributed by atoms with Crippen molar-refractivity contribution in [3.8, 4) is 0 Å². The van der Waals surface area contributed by atoms with Crippen LogP contribution in [0.2, 0.25) is 10.0 Å². The van der Waals surface area contributed by atoms with Gasteiger partial charge in [0.15, 0.2) is 0 Å². The Morgan fingerprint density at radius 2 is 2.00 bits per heavy atom. The lowest BCUT2D eigenvalue weighted by Gasteiger charge is -2.49. The summed E-state index contributed by atoms with van der Waals surface area (Å²) in [6.45, 7) is 5.31. The van der Waals surface area contributed by atoms with Crippen LogP contribution in [0.1, 0.15) is 57.9 Å². The fraction of sp³-hybridized carbons (Fsp3) is 0.632. The van der Waals surface area contributed by atoms with E-state index in [4.69, 9.17) is 28.9 Å². The highest BCUT2D eigenvalue weighted by Gasteiger charge is 2.45. The molecule has 1 fully saturated rings. The second kappa shape index (κ2) is 8.55. The summed E-state index contributed by atoms with van der Waals surface area (Å²) in [5, 5.41) is 4.92. The van der Waals surface area contributed by atoms with Crippen LogP contribution in [0.25, 0.3) is 0 Å². The van der Waals surface area contributed by atoms with Gasteiger partial charge >= 0.3 is 0 Å². The lowest BCUT2D eigenvalue weighted by Crippen LogP contribution is -2.53. The van der Waals surface area contributed by atoms with E-state index in [0.717, 1.165) is 32.2 Å². The quantitative estimate of drug-likeness (QED) is 0.619. The molecule has 0 saturated heterocycles. The summed E-state index contributed by atoms with van der Waals surface area (Å²) in [7, 11) is 0. The number of benzene rings is 1. The zero-order valence-corrected chi connectivity index (χ0v) is 16.1. The summed E-state index contributed by atoms with van der Waals surface area (Å²) in [5.74, 6) is 0.360. The molecule has 1 aromatic rings. The highest BCUT2D eigenvalue weighted by atomic mass is 35.5. The molecule has 1 aliphatic rings. The molecule has 1 atom stereocenters. The lowest BCUT2D eigenvalue weighted by molar-refractivity contribution is -0.118. The first kappa shape index (κ1) is 19.6. The van der Waals surface area contributed by atoms with Crippen molar-refractivity contribution in [3.63, 3.8) is 0 Å². The minimum Gasteiger partial charge on any atom is -0.370 e. The molecule has 0 aliphatic heterocycles. The number of rotatable bonds is 9. The third kappa shape index (κ3) is 4.65. The third-order valence-corrected chi connectivity index (χ3v) is 5.84. The molecule has 0 radical (unpaired) electrons.